The second-order valence-electron chi connectivity index (χ2n) is 5.04. The van der Waals surface area contributed by atoms with E-state index in [0.717, 1.165) is 10.6 Å². The molecular formula is C15H13N3O4. The zero-order valence-corrected chi connectivity index (χ0v) is 11.7. The first kappa shape index (κ1) is 14.0. The quantitative estimate of drug-likeness (QED) is 0.693. The van der Waals surface area contributed by atoms with Crippen molar-refractivity contribution in [2.24, 2.45) is 0 Å². The average molecular weight is 299 g/mol. The zero-order chi connectivity index (χ0) is 16.0. The molecule has 0 fully saturated rings. The summed E-state index contributed by atoms with van der Waals surface area (Å²) in [6.45, 7) is 1.63. The Labute approximate surface area is 125 Å². The molecule has 1 unspecified atom stereocenters. The normalized spacial score (nSPS) is 14.6. The molecule has 0 aliphatic carbocycles. The largest absolute Gasteiger partial charge is 0.389 e. The minimum Gasteiger partial charge on any atom is -0.389 e. The smallest absolute Gasteiger partial charge is 0.262 e. The second-order valence-corrected chi connectivity index (χ2v) is 5.04. The third-order valence-electron chi connectivity index (χ3n) is 3.59. The van der Waals surface area contributed by atoms with Crippen molar-refractivity contribution in [1.82, 2.24) is 9.88 Å². The lowest BCUT2D eigenvalue weighted by molar-refractivity contribution is 0.0880. The molecule has 1 aromatic carbocycles. The van der Waals surface area contributed by atoms with Crippen molar-refractivity contribution in [1.29, 1.82) is 0 Å². The number of aliphatic hydroxyl groups is 1. The Bertz CT molecular complexity index is 850. The summed E-state index contributed by atoms with van der Waals surface area (Å²) in [5.74, 6) is -1.33. The van der Waals surface area contributed by atoms with Gasteiger partial charge < -0.3 is 10.8 Å². The van der Waals surface area contributed by atoms with Crippen molar-refractivity contribution < 1.29 is 14.7 Å². The molecule has 1 aromatic heterocycles. The summed E-state index contributed by atoms with van der Waals surface area (Å²) in [6.07, 6.45) is -0.633. The van der Waals surface area contributed by atoms with Gasteiger partial charge in [0, 0.05) is 6.07 Å². The standard InChI is InChI=1S/C15H13N3O4/c1-7(19)8-2-4-9(5-3-8)18-11(20)6-10-12(13(18)16)15(22)17-14(10)21/h2-7,19H,16H2,1H3,(H,17,21,22). The Kier molecular flexibility index (Phi) is 3.07. The number of rotatable bonds is 2. The number of pyridine rings is 1. The van der Waals surface area contributed by atoms with Crippen molar-refractivity contribution in [2.45, 2.75) is 13.0 Å². The number of carbonyl (C=O) groups excluding carboxylic acids is 2. The molecule has 2 amide bonds. The number of aliphatic hydroxyl groups excluding tert-OH is 1. The highest BCUT2D eigenvalue weighted by molar-refractivity contribution is 6.23. The molecule has 7 heteroatoms. The summed E-state index contributed by atoms with van der Waals surface area (Å²) in [4.78, 5) is 35.6. The fourth-order valence-electron chi connectivity index (χ4n) is 2.45. The molecular weight excluding hydrogens is 286 g/mol. The van der Waals surface area contributed by atoms with Crippen molar-refractivity contribution in [3.8, 4) is 5.69 Å². The first-order chi connectivity index (χ1) is 10.4. The summed E-state index contributed by atoms with van der Waals surface area (Å²) in [5.41, 5.74) is 6.53. The minimum atomic E-state index is -0.633. The van der Waals surface area contributed by atoms with E-state index in [9.17, 15) is 19.5 Å². The Morgan fingerprint density at radius 1 is 1.14 bits per heavy atom. The van der Waals surface area contributed by atoms with Crippen LogP contribution in [-0.2, 0) is 0 Å². The van der Waals surface area contributed by atoms with E-state index in [1.54, 1.807) is 31.2 Å². The minimum absolute atomic E-state index is 0.00389. The molecule has 3 rings (SSSR count). The lowest BCUT2D eigenvalue weighted by atomic mass is 10.1. The SMILES string of the molecule is CC(O)c1ccc(-n2c(N)c3c(cc2=O)C(=O)NC3=O)cc1. The van der Waals surface area contributed by atoms with Crippen LogP contribution in [0.4, 0.5) is 5.82 Å². The van der Waals surface area contributed by atoms with E-state index in [2.05, 4.69) is 5.32 Å². The van der Waals surface area contributed by atoms with E-state index in [1.807, 2.05) is 0 Å². The third-order valence-corrected chi connectivity index (χ3v) is 3.59. The predicted octanol–water partition coefficient (Wildman–Crippen LogP) is 0.357. The van der Waals surface area contributed by atoms with Crippen molar-refractivity contribution in [3.05, 3.63) is 57.4 Å². The number of nitrogens with zero attached hydrogens (tertiary/aromatic N) is 1. The van der Waals surface area contributed by atoms with Crippen LogP contribution in [0.3, 0.4) is 0 Å². The molecule has 112 valence electrons. The van der Waals surface area contributed by atoms with E-state index in [4.69, 9.17) is 5.73 Å². The van der Waals surface area contributed by atoms with Gasteiger partial charge in [-0.25, -0.2) is 0 Å². The molecule has 4 N–H and O–H groups in total. The Morgan fingerprint density at radius 3 is 2.36 bits per heavy atom. The van der Waals surface area contributed by atoms with Gasteiger partial charge in [0.1, 0.15) is 5.82 Å². The molecule has 0 spiro atoms. The lowest BCUT2D eigenvalue weighted by Crippen LogP contribution is -2.24. The number of aromatic nitrogens is 1. The molecule has 2 aromatic rings. The maximum atomic E-state index is 12.2. The number of carbonyl (C=O) groups is 2. The van der Waals surface area contributed by atoms with Crippen LogP contribution in [0.25, 0.3) is 5.69 Å². The van der Waals surface area contributed by atoms with E-state index < -0.39 is 23.5 Å². The number of hydrogen-bond donors (Lipinski definition) is 3. The number of benzene rings is 1. The van der Waals surface area contributed by atoms with Crippen LogP contribution in [0.1, 0.15) is 39.3 Å². The van der Waals surface area contributed by atoms with Gasteiger partial charge in [-0.2, -0.15) is 0 Å². The monoisotopic (exact) mass is 299 g/mol. The van der Waals surface area contributed by atoms with Gasteiger partial charge in [0.25, 0.3) is 17.4 Å². The molecule has 0 radical (unpaired) electrons. The number of fused-ring (bicyclic) bond motifs is 1. The number of anilines is 1. The molecule has 2 heterocycles. The number of hydrogen-bond acceptors (Lipinski definition) is 5. The van der Waals surface area contributed by atoms with Crippen LogP contribution >= 0.6 is 0 Å². The molecule has 1 aliphatic rings. The highest BCUT2D eigenvalue weighted by Crippen LogP contribution is 2.23. The van der Waals surface area contributed by atoms with Gasteiger partial charge >= 0.3 is 0 Å². The van der Waals surface area contributed by atoms with Crippen LogP contribution in [0, 0.1) is 0 Å². The number of amides is 2. The van der Waals surface area contributed by atoms with Crippen LogP contribution in [0.2, 0.25) is 0 Å². The lowest BCUT2D eigenvalue weighted by Gasteiger charge is -2.13. The van der Waals surface area contributed by atoms with E-state index >= 15 is 0 Å². The summed E-state index contributed by atoms with van der Waals surface area (Å²) in [6, 6.07) is 7.63. The first-order valence-electron chi connectivity index (χ1n) is 6.59. The van der Waals surface area contributed by atoms with E-state index in [0.29, 0.717) is 11.3 Å². The van der Waals surface area contributed by atoms with Gasteiger partial charge in [-0.3, -0.25) is 24.3 Å². The summed E-state index contributed by atoms with van der Waals surface area (Å²) < 4.78 is 1.16. The van der Waals surface area contributed by atoms with Crippen molar-refractivity contribution >= 4 is 17.6 Å². The second kappa shape index (κ2) is 4.81. The first-order valence-corrected chi connectivity index (χ1v) is 6.59. The fraction of sp³-hybridized carbons (Fsp3) is 0.133. The highest BCUT2D eigenvalue weighted by Gasteiger charge is 2.31. The third kappa shape index (κ3) is 1.99. The van der Waals surface area contributed by atoms with Crippen LogP contribution in [-0.4, -0.2) is 21.5 Å². The number of imide groups is 1. The van der Waals surface area contributed by atoms with Gasteiger partial charge in [-0.15, -0.1) is 0 Å². The van der Waals surface area contributed by atoms with Gasteiger partial charge in [0.05, 0.1) is 22.9 Å². The van der Waals surface area contributed by atoms with Crippen LogP contribution in [0.5, 0.6) is 0 Å². The molecule has 1 aliphatic heterocycles. The number of nitrogens with one attached hydrogen (secondary N) is 1. The van der Waals surface area contributed by atoms with Crippen molar-refractivity contribution in [3.63, 3.8) is 0 Å². The van der Waals surface area contributed by atoms with Gasteiger partial charge in [0.2, 0.25) is 0 Å². The number of nitrogens with two attached hydrogens (primary N) is 1. The van der Waals surface area contributed by atoms with Gasteiger partial charge in [-0.1, -0.05) is 12.1 Å². The average Bonchev–Trinajstić information content (AvgIpc) is 2.74. The predicted molar refractivity (Wildman–Crippen MR) is 78.9 cm³/mol. The van der Waals surface area contributed by atoms with Crippen LogP contribution < -0.4 is 16.6 Å². The molecule has 0 saturated heterocycles. The summed E-state index contributed by atoms with van der Waals surface area (Å²) in [5, 5.41) is 11.6. The molecule has 7 nitrogen and oxygen atoms in total. The van der Waals surface area contributed by atoms with E-state index in [-0.39, 0.29) is 16.9 Å². The van der Waals surface area contributed by atoms with Gasteiger partial charge in [0.15, 0.2) is 0 Å². The molecule has 1 atom stereocenters. The van der Waals surface area contributed by atoms with E-state index in [1.165, 1.54) is 0 Å². The molecule has 22 heavy (non-hydrogen) atoms. The Hall–Kier alpha value is -2.93. The Balaban J connectivity index is 2.20. The van der Waals surface area contributed by atoms with Crippen molar-refractivity contribution in [2.75, 3.05) is 5.73 Å². The maximum absolute atomic E-state index is 12.2. The molecule has 0 bridgehead atoms. The summed E-state index contributed by atoms with van der Waals surface area (Å²) in [7, 11) is 0. The molecule has 0 saturated carbocycles. The summed E-state index contributed by atoms with van der Waals surface area (Å²) >= 11 is 0. The zero-order valence-electron chi connectivity index (χ0n) is 11.7. The highest BCUT2D eigenvalue weighted by atomic mass is 16.3. The number of nitrogen functional groups attached to an aromatic ring is 1. The topological polar surface area (TPSA) is 114 Å². The maximum Gasteiger partial charge on any atom is 0.262 e. The van der Waals surface area contributed by atoms with Gasteiger partial charge in [-0.05, 0) is 24.6 Å². The fourth-order valence-corrected chi connectivity index (χ4v) is 2.45. The Morgan fingerprint density at radius 2 is 1.77 bits per heavy atom. The van der Waals surface area contributed by atoms with Crippen LogP contribution in [0.15, 0.2) is 35.1 Å².